The first-order chi connectivity index (χ1) is 12.7. The van der Waals surface area contributed by atoms with E-state index in [4.69, 9.17) is 20.8 Å². The van der Waals surface area contributed by atoms with Gasteiger partial charge in [0.05, 0.1) is 18.9 Å². The Hall–Kier alpha value is -2.24. The number of amides is 1. The number of nitrogens with zero attached hydrogens (tertiary/aromatic N) is 2. The molecule has 0 N–H and O–H groups in total. The van der Waals surface area contributed by atoms with Gasteiger partial charge in [0.15, 0.2) is 0 Å². The highest BCUT2D eigenvalue weighted by atomic mass is 35.5. The van der Waals surface area contributed by atoms with Gasteiger partial charge in [-0.25, -0.2) is 0 Å². The lowest BCUT2D eigenvalue weighted by atomic mass is 10.2. The second-order valence-corrected chi connectivity index (χ2v) is 7.07. The third-order valence-corrected chi connectivity index (χ3v) is 5.00. The van der Waals surface area contributed by atoms with Crippen molar-refractivity contribution in [2.45, 2.75) is 32.0 Å². The maximum Gasteiger partial charge on any atom is 0.243 e. The van der Waals surface area contributed by atoms with Crippen molar-refractivity contribution in [2.24, 2.45) is 0 Å². The molecule has 1 aliphatic heterocycles. The molecule has 136 valence electrons. The van der Waals surface area contributed by atoms with Crippen molar-refractivity contribution < 1.29 is 13.9 Å². The molecule has 1 saturated heterocycles. The molecule has 1 amide bonds. The van der Waals surface area contributed by atoms with Gasteiger partial charge in [-0.1, -0.05) is 17.7 Å². The van der Waals surface area contributed by atoms with Crippen molar-refractivity contribution >= 4 is 28.4 Å². The van der Waals surface area contributed by atoms with Gasteiger partial charge in [0.25, 0.3) is 0 Å². The lowest BCUT2D eigenvalue weighted by Gasteiger charge is -2.25. The maximum atomic E-state index is 13.0. The van der Waals surface area contributed by atoms with Crippen LogP contribution < -0.4 is 0 Å². The van der Waals surface area contributed by atoms with E-state index in [1.165, 1.54) is 0 Å². The molecule has 3 aromatic rings. The van der Waals surface area contributed by atoms with E-state index in [2.05, 4.69) is 0 Å². The summed E-state index contributed by atoms with van der Waals surface area (Å²) in [6.45, 7) is 2.07. The van der Waals surface area contributed by atoms with Crippen LogP contribution in [0.25, 0.3) is 10.9 Å². The molecule has 0 unspecified atom stereocenters. The van der Waals surface area contributed by atoms with Crippen LogP contribution in [0.1, 0.15) is 18.6 Å². The van der Waals surface area contributed by atoms with Crippen LogP contribution in [0.15, 0.2) is 53.3 Å². The minimum Gasteiger partial charge on any atom is -0.467 e. The molecule has 1 aliphatic rings. The summed E-state index contributed by atoms with van der Waals surface area (Å²) in [6.07, 6.45) is 5.70. The largest absolute Gasteiger partial charge is 0.467 e. The van der Waals surface area contributed by atoms with Crippen LogP contribution in [0.2, 0.25) is 5.02 Å². The van der Waals surface area contributed by atoms with Gasteiger partial charge in [0.2, 0.25) is 5.91 Å². The van der Waals surface area contributed by atoms with Crippen molar-refractivity contribution in [3.05, 3.63) is 59.6 Å². The van der Waals surface area contributed by atoms with Crippen LogP contribution in [0, 0.1) is 0 Å². The van der Waals surface area contributed by atoms with Gasteiger partial charge >= 0.3 is 0 Å². The van der Waals surface area contributed by atoms with E-state index in [9.17, 15) is 4.79 Å². The maximum absolute atomic E-state index is 13.0. The van der Waals surface area contributed by atoms with Gasteiger partial charge in [0, 0.05) is 29.9 Å². The molecule has 0 saturated carbocycles. The molecule has 6 heteroatoms. The number of ether oxygens (including phenoxy) is 1. The lowest BCUT2D eigenvalue weighted by Crippen LogP contribution is -2.38. The Labute approximate surface area is 157 Å². The van der Waals surface area contributed by atoms with Gasteiger partial charge in [-0.05, 0) is 48.6 Å². The summed E-state index contributed by atoms with van der Waals surface area (Å²) in [5.74, 6) is 0.811. The molecule has 0 bridgehead atoms. The first-order valence-corrected chi connectivity index (χ1v) is 9.23. The smallest absolute Gasteiger partial charge is 0.243 e. The van der Waals surface area contributed by atoms with Crippen molar-refractivity contribution in [2.75, 3.05) is 13.2 Å². The Morgan fingerprint density at radius 1 is 1.31 bits per heavy atom. The monoisotopic (exact) mass is 372 g/mol. The number of hydrogen-bond donors (Lipinski definition) is 0. The Bertz CT molecular complexity index is 882. The van der Waals surface area contributed by atoms with Gasteiger partial charge in [-0.3, -0.25) is 4.79 Å². The summed E-state index contributed by atoms with van der Waals surface area (Å²) >= 11 is 6.12. The van der Waals surface area contributed by atoms with E-state index < -0.39 is 0 Å². The number of furan rings is 1. The molecule has 1 atom stereocenters. The highest BCUT2D eigenvalue weighted by Crippen LogP contribution is 2.21. The summed E-state index contributed by atoms with van der Waals surface area (Å²) in [5.41, 5.74) is 0.959. The van der Waals surface area contributed by atoms with Crippen molar-refractivity contribution in [1.82, 2.24) is 9.47 Å². The zero-order chi connectivity index (χ0) is 17.9. The SMILES string of the molecule is O=C(Cn1ccc2ccc(Cl)cc21)N(Cc1ccco1)C[C@@H]1CCCO1. The van der Waals surface area contributed by atoms with Crippen molar-refractivity contribution in [3.8, 4) is 0 Å². The molecule has 0 spiro atoms. The third kappa shape index (κ3) is 3.79. The molecule has 1 aromatic carbocycles. The molecular weight excluding hydrogens is 352 g/mol. The van der Waals surface area contributed by atoms with Crippen LogP contribution in [-0.2, 0) is 22.6 Å². The number of benzene rings is 1. The zero-order valence-electron chi connectivity index (χ0n) is 14.4. The average molecular weight is 373 g/mol. The zero-order valence-corrected chi connectivity index (χ0v) is 15.2. The van der Waals surface area contributed by atoms with E-state index in [1.54, 1.807) is 6.26 Å². The highest BCUT2D eigenvalue weighted by molar-refractivity contribution is 6.31. The fourth-order valence-corrected chi connectivity index (χ4v) is 3.59. The van der Waals surface area contributed by atoms with Crippen molar-refractivity contribution in [3.63, 3.8) is 0 Å². The molecule has 0 radical (unpaired) electrons. The van der Waals surface area contributed by atoms with Crippen LogP contribution in [0.3, 0.4) is 0 Å². The molecule has 26 heavy (non-hydrogen) atoms. The Balaban J connectivity index is 1.53. The van der Waals surface area contributed by atoms with E-state index in [-0.39, 0.29) is 18.6 Å². The number of rotatable bonds is 6. The number of hydrogen-bond acceptors (Lipinski definition) is 3. The molecule has 2 aromatic heterocycles. The topological polar surface area (TPSA) is 47.6 Å². The Kier molecular flexibility index (Phi) is 5.00. The normalized spacial score (nSPS) is 17.0. The van der Waals surface area contributed by atoms with Gasteiger partial charge < -0.3 is 18.6 Å². The average Bonchev–Trinajstić information content (AvgIpc) is 3.37. The standard InChI is InChI=1S/C20H21ClN2O3/c21-16-6-5-15-7-8-22(19(15)11-16)14-20(24)23(12-17-3-1-9-25-17)13-18-4-2-10-26-18/h1,3,5-9,11,18H,2,4,10,12-14H2/t18-/m0/s1. The van der Waals surface area contributed by atoms with Gasteiger partial charge in [-0.15, -0.1) is 0 Å². The summed E-state index contributed by atoms with van der Waals surface area (Å²) in [7, 11) is 0. The molecule has 4 rings (SSSR count). The second kappa shape index (κ2) is 7.56. The molecular formula is C20H21ClN2O3. The molecule has 3 heterocycles. The molecule has 5 nitrogen and oxygen atoms in total. The minimum absolute atomic E-state index is 0.0365. The summed E-state index contributed by atoms with van der Waals surface area (Å²) in [5, 5.41) is 1.73. The molecule has 0 aliphatic carbocycles. The van der Waals surface area contributed by atoms with E-state index in [1.807, 2.05) is 52.1 Å². The van der Waals surface area contributed by atoms with Crippen LogP contribution in [0.4, 0.5) is 0 Å². The number of carbonyl (C=O) groups is 1. The van der Waals surface area contributed by atoms with E-state index >= 15 is 0 Å². The van der Waals surface area contributed by atoms with E-state index in [0.29, 0.717) is 18.1 Å². The number of carbonyl (C=O) groups excluding carboxylic acids is 1. The number of aromatic nitrogens is 1. The summed E-state index contributed by atoms with van der Waals surface area (Å²) < 4.78 is 13.1. The quantitative estimate of drug-likeness (QED) is 0.654. The van der Waals surface area contributed by atoms with Crippen LogP contribution >= 0.6 is 11.6 Å². The highest BCUT2D eigenvalue weighted by Gasteiger charge is 2.24. The third-order valence-electron chi connectivity index (χ3n) is 4.77. The first-order valence-electron chi connectivity index (χ1n) is 8.85. The van der Waals surface area contributed by atoms with Gasteiger partial charge in [0.1, 0.15) is 12.3 Å². The summed E-state index contributed by atoms with van der Waals surface area (Å²) in [4.78, 5) is 14.9. The van der Waals surface area contributed by atoms with Gasteiger partial charge in [-0.2, -0.15) is 0 Å². The summed E-state index contributed by atoms with van der Waals surface area (Å²) in [6, 6.07) is 11.4. The van der Waals surface area contributed by atoms with Crippen molar-refractivity contribution in [1.29, 1.82) is 0 Å². The predicted octanol–water partition coefficient (Wildman–Crippen LogP) is 4.10. The first kappa shape index (κ1) is 17.2. The minimum atomic E-state index is 0.0365. The molecule has 1 fully saturated rings. The van der Waals surface area contributed by atoms with E-state index in [0.717, 1.165) is 36.1 Å². The number of halogens is 1. The second-order valence-electron chi connectivity index (χ2n) is 6.64. The van der Waals surface area contributed by atoms with Crippen LogP contribution in [0.5, 0.6) is 0 Å². The fraction of sp³-hybridized carbons (Fsp3) is 0.350. The lowest BCUT2D eigenvalue weighted by molar-refractivity contribution is -0.134. The Morgan fingerprint density at radius 2 is 2.23 bits per heavy atom. The fourth-order valence-electron chi connectivity index (χ4n) is 3.42. The Morgan fingerprint density at radius 3 is 3.00 bits per heavy atom. The van der Waals surface area contributed by atoms with Crippen LogP contribution in [-0.4, -0.2) is 34.6 Å². The predicted molar refractivity (Wildman–Crippen MR) is 100 cm³/mol. The number of fused-ring (bicyclic) bond motifs is 1.